The van der Waals surface area contributed by atoms with E-state index in [0.717, 1.165) is 39.8 Å². The summed E-state index contributed by atoms with van der Waals surface area (Å²) in [6.45, 7) is 0.946. The van der Waals surface area contributed by atoms with Gasteiger partial charge in [0, 0.05) is 44.4 Å². The van der Waals surface area contributed by atoms with Crippen LogP contribution in [0.2, 0.25) is 0 Å². The van der Waals surface area contributed by atoms with Gasteiger partial charge in [-0.25, -0.2) is 18.4 Å². The first-order valence-corrected chi connectivity index (χ1v) is 13.9. The molecular formula is C32H31F2N3O4. The molecule has 3 aromatic rings. The van der Waals surface area contributed by atoms with Crippen LogP contribution in [-0.4, -0.2) is 46.4 Å². The molecule has 1 aliphatic heterocycles. The number of benzene rings is 3. The molecule has 0 aromatic heterocycles. The Hall–Kier alpha value is -4.27. The van der Waals surface area contributed by atoms with Gasteiger partial charge in [0.2, 0.25) is 5.91 Å². The van der Waals surface area contributed by atoms with Gasteiger partial charge in [-0.05, 0) is 64.3 Å². The largest absolute Gasteiger partial charge is 0.478 e. The van der Waals surface area contributed by atoms with E-state index in [4.69, 9.17) is 0 Å². The quantitative estimate of drug-likeness (QED) is 0.364. The van der Waals surface area contributed by atoms with Crippen molar-refractivity contribution in [2.75, 3.05) is 6.54 Å². The number of nitrogens with zero attached hydrogens (tertiary/aromatic N) is 1. The number of carboxylic acid groups (broad SMARTS) is 1. The molecule has 2 unspecified atom stereocenters. The monoisotopic (exact) mass is 559 g/mol. The van der Waals surface area contributed by atoms with Gasteiger partial charge in [0.15, 0.2) is 0 Å². The Bertz CT molecular complexity index is 1500. The van der Waals surface area contributed by atoms with Crippen molar-refractivity contribution < 1.29 is 28.3 Å². The summed E-state index contributed by atoms with van der Waals surface area (Å²) in [6, 6.07) is 19.6. The predicted octanol–water partition coefficient (Wildman–Crippen LogP) is 5.34. The Balaban J connectivity index is 1.22. The molecule has 0 spiro atoms. The van der Waals surface area contributed by atoms with Gasteiger partial charge in [-0.2, -0.15) is 0 Å². The SMILES string of the molecule is O=C(O)c1cccc(-c2ccc(CNC(=O)C3CC3c3ccccc3)c3c2CCN(C(=O)NC2CC(F)(F)C2)C3)c1. The fraction of sp³-hybridized carbons (Fsp3) is 0.344. The molecule has 6 rings (SSSR count). The minimum atomic E-state index is -2.72. The number of hydrogen-bond acceptors (Lipinski definition) is 3. The van der Waals surface area contributed by atoms with Crippen molar-refractivity contribution in [2.24, 2.45) is 5.92 Å². The number of amides is 3. The van der Waals surface area contributed by atoms with Crippen LogP contribution < -0.4 is 10.6 Å². The molecule has 2 fully saturated rings. The molecule has 3 N–H and O–H groups in total. The molecule has 2 saturated carbocycles. The zero-order valence-electron chi connectivity index (χ0n) is 22.4. The third-order valence-corrected chi connectivity index (χ3v) is 8.44. The molecule has 2 aliphatic carbocycles. The summed E-state index contributed by atoms with van der Waals surface area (Å²) in [5, 5.41) is 15.3. The van der Waals surface area contributed by atoms with Crippen molar-refractivity contribution in [1.29, 1.82) is 0 Å². The zero-order valence-corrected chi connectivity index (χ0v) is 22.4. The van der Waals surface area contributed by atoms with E-state index in [1.54, 1.807) is 23.1 Å². The van der Waals surface area contributed by atoms with Crippen LogP contribution in [0.1, 0.15) is 57.8 Å². The average molecular weight is 560 g/mol. The van der Waals surface area contributed by atoms with E-state index < -0.39 is 17.9 Å². The molecule has 0 radical (unpaired) electrons. The third kappa shape index (κ3) is 5.66. The van der Waals surface area contributed by atoms with Gasteiger partial charge in [-0.15, -0.1) is 0 Å². The molecule has 7 nitrogen and oxygen atoms in total. The number of hydrogen-bond donors (Lipinski definition) is 3. The van der Waals surface area contributed by atoms with Gasteiger partial charge in [0.1, 0.15) is 0 Å². The van der Waals surface area contributed by atoms with Crippen molar-refractivity contribution in [2.45, 2.75) is 56.7 Å². The number of rotatable bonds is 7. The Morgan fingerprint density at radius 1 is 0.976 bits per heavy atom. The van der Waals surface area contributed by atoms with E-state index in [9.17, 15) is 28.3 Å². The van der Waals surface area contributed by atoms with Crippen LogP contribution in [-0.2, 0) is 24.3 Å². The van der Waals surface area contributed by atoms with E-state index >= 15 is 0 Å². The topological polar surface area (TPSA) is 98.7 Å². The standard InChI is InChI=1S/C32H31F2N3O4/c33-32(34)15-23(16-32)36-31(41)37-12-11-25-24(20-7-4-8-21(13-20)30(39)40)10-9-22(28(25)18-37)17-35-29(38)27-14-26(27)19-5-2-1-3-6-19/h1-10,13,23,26-27H,11-12,14-18H2,(H,35,38)(H,36,41)(H,39,40). The van der Waals surface area contributed by atoms with Gasteiger partial charge in [-0.3, -0.25) is 4.79 Å². The van der Waals surface area contributed by atoms with E-state index in [2.05, 4.69) is 10.6 Å². The second-order valence-electron chi connectivity index (χ2n) is 11.3. The summed E-state index contributed by atoms with van der Waals surface area (Å²) >= 11 is 0. The van der Waals surface area contributed by atoms with E-state index in [1.165, 1.54) is 0 Å². The minimum absolute atomic E-state index is 0.0119. The Morgan fingerprint density at radius 2 is 1.76 bits per heavy atom. The molecule has 3 aromatic carbocycles. The van der Waals surface area contributed by atoms with Crippen LogP contribution in [0.5, 0.6) is 0 Å². The number of carbonyl (C=O) groups excluding carboxylic acids is 2. The normalized spacial score (nSPS) is 20.9. The van der Waals surface area contributed by atoms with Crippen molar-refractivity contribution in [3.63, 3.8) is 0 Å². The summed E-state index contributed by atoms with van der Waals surface area (Å²) in [5.74, 6) is -3.61. The maximum absolute atomic E-state index is 13.3. The fourth-order valence-corrected chi connectivity index (χ4v) is 6.07. The molecule has 3 amide bonds. The van der Waals surface area contributed by atoms with Crippen LogP contribution in [0.4, 0.5) is 13.6 Å². The highest BCUT2D eigenvalue weighted by Gasteiger charge is 2.46. The van der Waals surface area contributed by atoms with Gasteiger partial charge in [-0.1, -0.05) is 54.6 Å². The second-order valence-corrected chi connectivity index (χ2v) is 11.3. The number of halogens is 2. The van der Waals surface area contributed by atoms with Gasteiger partial charge >= 0.3 is 12.0 Å². The second kappa shape index (κ2) is 10.6. The lowest BCUT2D eigenvalue weighted by molar-refractivity contribution is -0.122. The molecular weight excluding hydrogens is 528 g/mol. The molecule has 1 heterocycles. The van der Waals surface area contributed by atoms with Crippen LogP contribution in [0.3, 0.4) is 0 Å². The van der Waals surface area contributed by atoms with E-state index in [1.807, 2.05) is 48.5 Å². The highest BCUT2D eigenvalue weighted by atomic mass is 19.3. The highest BCUT2D eigenvalue weighted by molar-refractivity contribution is 5.90. The van der Waals surface area contributed by atoms with Crippen LogP contribution in [0.25, 0.3) is 11.1 Å². The number of carbonyl (C=O) groups is 3. The number of alkyl halides is 2. The maximum Gasteiger partial charge on any atom is 0.335 e. The smallest absolute Gasteiger partial charge is 0.335 e. The molecule has 212 valence electrons. The number of urea groups is 1. The summed E-state index contributed by atoms with van der Waals surface area (Å²) < 4.78 is 26.6. The molecule has 0 saturated heterocycles. The number of aromatic carboxylic acids is 1. The number of nitrogens with one attached hydrogen (secondary N) is 2. The molecule has 9 heteroatoms. The first-order chi connectivity index (χ1) is 19.7. The molecule has 2 atom stereocenters. The Labute approximate surface area is 236 Å². The average Bonchev–Trinajstić information content (AvgIpc) is 3.76. The van der Waals surface area contributed by atoms with Crippen molar-refractivity contribution >= 4 is 17.9 Å². The Kier molecular flexibility index (Phi) is 6.97. The van der Waals surface area contributed by atoms with E-state index in [-0.39, 0.29) is 48.7 Å². The first-order valence-electron chi connectivity index (χ1n) is 13.9. The highest BCUT2D eigenvalue weighted by Crippen LogP contribution is 2.47. The lowest BCUT2D eigenvalue weighted by atomic mass is 9.87. The lowest BCUT2D eigenvalue weighted by Gasteiger charge is -2.38. The van der Waals surface area contributed by atoms with E-state index in [0.29, 0.717) is 19.5 Å². The summed E-state index contributed by atoms with van der Waals surface area (Å²) in [5.41, 5.74) is 5.73. The Morgan fingerprint density at radius 3 is 2.49 bits per heavy atom. The molecule has 3 aliphatic rings. The predicted molar refractivity (Wildman–Crippen MR) is 149 cm³/mol. The van der Waals surface area contributed by atoms with Crippen LogP contribution >= 0.6 is 0 Å². The minimum Gasteiger partial charge on any atom is -0.478 e. The third-order valence-electron chi connectivity index (χ3n) is 8.44. The number of carboxylic acids is 1. The van der Waals surface area contributed by atoms with Crippen molar-refractivity contribution in [1.82, 2.24) is 15.5 Å². The fourth-order valence-electron chi connectivity index (χ4n) is 6.07. The van der Waals surface area contributed by atoms with Crippen molar-refractivity contribution in [3.05, 3.63) is 94.5 Å². The molecule has 41 heavy (non-hydrogen) atoms. The van der Waals surface area contributed by atoms with Crippen molar-refractivity contribution in [3.8, 4) is 11.1 Å². The summed E-state index contributed by atoms with van der Waals surface area (Å²) in [4.78, 5) is 39.2. The lowest BCUT2D eigenvalue weighted by Crippen LogP contribution is -2.54. The van der Waals surface area contributed by atoms with Gasteiger partial charge in [0.05, 0.1) is 5.56 Å². The zero-order chi connectivity index (χ0) is 28.7. The number of fused-ring (bicyclic) bond motifs is 1. The maximum atomic E-state index is 13.3. The summed E-state index contributed by atoms with van der Waals surface area (Å²) in [7, 11) is 0. The summed E-state index contributed by atoms with van der Waals surface area (Å²) in [6.07, 6.45) is 0.614. The van der Waals surface area contributed by atoms with Gasteiger partial charge in [0.25, 0.3) is 5.92 Å². The molecule has 0 bridgehead atoms. The van der Waals surface area contributed by atoms with Crippen LogP contribution in [0, 0.1) is 5.92 Å². The first kappa shape index (κ1) is 26.9. The van der Waals surface area contributed by atoms with Crippen LogP contribution in [0.15, 0.2) is 66.7 Å². The van der Waals surface area contributed by atoms with Gasteiger partial charge < -0.3 is 20.6 Å².